The molecule has 0 saturated heterocycles. The Bertz CT molecular complexity index is 306. The molecule has 0 aromatic heterocycles. The average Bonchev–Trinajstić information content (AvgIpc) is 2.16. The maximum atomic E-state index is 6.06. The minimum atomic E-state index is 0.0538. The summed E-state index contributed by atoms with van der Waals surface area (Å²) in [5, 5.41) is 0.614. The molecular formula is C13H22N2S. The van der Waals surface area contributed by atoms with Crippen molar-refractivity contribution >= 4 is 11.8 Å². The van der Waals surface area contributed by atoms with Crippen LogP contribution in [0.2, 0.25) is 0 Å². The number of thioether (sulfide) groups is 1. The lowest BCUT2D eigenvalue weighted by atomic mass is 10.0. The molecule has 1 aromatic rings. The third-order valence-corrected chi connectivity index (χ3v) is 3.32. The van der Waals surface area contributed by atoms with Crippen LogP contribution in [0.1, 0.15) is 38.8 Å². The molecule has 1 rings (SSSR count). The van der Waals surface area contributed by atoms with Crippen LogP contribution in [0.15, 0.2) is 29.2 Å². The van der Waals surface area contributed by atoms with Crippen molar-refractivity contribution in [3.05, 3.63) is 29.8 Å². The molecule has 0 bridgehead atoms. The highest BCUT2D eigenvalue weighted by Crippen LogP contribution is 2.24. The van der Waals surface area contributed by atoms with Crippen molar-refractivity contribution in [2.45, 2.75) is 49.4 Å². The Morgan fingerprint density at radius 2 is 1.62 bits per heavy atom. The van der Waals surface area contributed by atoms with Crippen LogP contribution in [0.3, 0.4) is 0 Å². The molecule has 0 aliphatic rings. The molecular weight excluding hydrogens is 216 g/mol. The van der Waals surface area contributed by atoms with Gasteiger partial charge in [0.2, 0.25) is 0 Å². The van der Waals surface area contributed by atoms with Crippen LogP contribution in [0.5, 0.6) is 0 Å². The molecule has 0 heterocycles. The third kappa shape index (κ3) is 4.56. The summed E-state index contributed by atoms with van der Waals surface area (Å²) in [6.45, 7) is 6.38. The van der Waals surface area contributed by atoms with Gasteiger partial charge in [-0.2, -0.15) is 0 Å². The zero-order chi connectivity index (χ0) is 12.1. The van der Waals surface area contributed by atoms with Crippen molar-refractivity contribution in [1.82, 2.24) is 0 Å². The van der Waals surface area contributed by atoms with Crippen molar-refractivity contribution in [3.63, 3.8) is 0 Å². The second kappa shape index (κ2) is 6.28. The molecule has 0 saturated carbocycles. The molecule has 0 aliphatic carbocycles. The smallest absolute Gasteiger partial charge is 0.0309 e. The fourth-order valence-electron chi connectivity index (χ4n) is 1.60. The van der Waals surface area contributed by atoms with Crippen LogP contribution in [-0.2, 0) is 0 Å². The van der Waals surface area contributed by atoms with E-state index in [-0.39, 0.29) is 12.1 Å². The number of rotatable bonds is 5. The normalized spacial score (nSPS) is 15.1. The standard InChI is InChI=1S/C13H22N2S/c1-9(2)16-12-6-4-11(5-7-12)13(15)8-10(3)14/h4-7,9-10,13H,8,14-15H2,1-3H3. The fraction of sp³-hybridized carbons (Fsp3) is 0.538. The van der Waals surface area contributed by atoms with Crippen molar-refractivity contribution in [1.29, 1.82) is 0 Å². The van der Waals surface area contributed by atoms with Gasteiger partial charge in [-0.15, -0.1) is 11.8 Å². The SMILES string of the molecule is CC(N)CC(N)c1ccc(SC(C)C)cc1. The first kappa shape index (κ1) is 13.6. The van der Waals surface area contributed by atoms with E-state index in [0.717, 1.165) is 6.42 Å². The Labute approximate surface area is 103 Å². The van der Waals surface area contributed by atoms with E-state index in [9.17, 15) is 0 Å². The van der Waals surface area contributed by atoms with Gasteiger partial charge in [-0.1, -0.05) is 26.0 Å². The number of hydrogen-bond acceptors (Lipinski definition) is 3. The molecule has 2 nitrogen and oxygen atoms in total. The van der Waals surface area contributed by atoms with Gasteiger partial charge in [-0.05, 0) is 31.0 Å². The molecule has 0 amide bonds. The second-order valence-electron chi connectivity index (χ2n) is 4.56. The molecule has 16 heavy (non-hydrogen) atoms. The summed E-state index contributed by atoms with van der Waals surface area (Å²) in [4.78, 5) is 1.30. The summed E-state index contributed by atoms with van der Waals surface area (Å²) in [6, 6.07) is 8.70. The zero-order valence-corrected chi connectivity index (χ0v) is 11.1. The van der Waals surface area contributed by atoms with Gasteiger partial charge >= 0.3 is 0 Å². The summed E-state index contributed by atoms with van der Waals surface area (Å²) in [6.07, 6.45) is 0.830. The molecule has 4 N–H and O–H groups in total. The van der Waals surface area contributed by atoms with E-state index in [4.69, 9.17) is 11.5 Å². The van der Waals surface area contributed by atoms with Gasteiger partial charge in [-0.25, -0.2) is 0 Å². The van der Waals surface area contributed by atoms with E-state index < -0.39 is 0 Å². The van der Waals surface area contributed by atoms with Crippen molar-refractivity contribution in [3.8, 4) is 0 Å². The van der Waals surface area contributed by atoms with E-state index >= 15 is 0 Å². The topological polar surface area (TPSA) is 52.0 Å². The highest BCUT2D eigenvalue weighted by Gasteiger charge is 2.08. The fourth-order valence-corrected chi connectivity index (χ4v) is 2.44. The minimum Gasteiger partial charge on any atom is -0.328 e. The Kier molecular flexibility index (Phi) is 5.32. The highest BCUT2D eigenvalue weighted by atomic mass is 32.2. The van der Waals surface area contributed by atoms with Gasteiger partial charge in [0.15, 0.2) is 0 Å². The van der Waals surface area contributed by atoms with Crippen LogP contribution in [0, 0.1) is 0 Å². The lowest BCUT2D eigenvalue weighted by Crippen LogP contribution is -2.23. The first-order valence-electron chi connectivity index (χ1n) is 5.77. The van der Waals surface area contributed by atoms with Gasteiger partial charge in [0.1, 0.15) is 0 Å². The molecule has 2 unspecified atom stereocenters. The zero-order valence-electron chi connectivity index (χ0n) is 10.3. The summed E-state index contributed by atoms with van der Waals surface area (Å²) in [5.74, 6) is 0. The predicted octanol–water partition coefficient (Wildman–Crippen LogP) is 2.92. The Morgan fingerprint density at radius 1 is 1.06 bits per heavy atom. The molecule has 0 fully saturated rings. The lowest BCUT2D eigenvalue weighted by Gasteiger charge is -2.15. The van der Waals surface area contributed by atoms with Gasteiger partial charge in [0.25, 0.3) is 0 Å². The van der Waals surface area contributed by atoms with Crippen LogP contribution < -0.4 is 11.5 Å². The second-order valence-corrected chi connectivity index (χ2v) is 6.21. The van der Waals surface area contributed by atoms with E-state index in [0.29, 0.717) is 5.25 Å². The summed E-state index contributed by atoms with van der Waals surface area (Å²) >= 11 is 1.87. The maximum Gasteiger partial charge on any atom is 0.0309 e. The molecule has 0 aliphatic heterocycles. The Hall–Kier alpha value is -0.510. The third-order valence-electron chi connectivity index (χ3n) is 2.31. The molecule has 90 valence electrons. The van der Waals surface area contributed by atoms with Crippen molar-refractivity contribution in [2.24, 2.45) is 11.5 Å². The van der Waals surface area contributed by atoms with E-state index in [1.165, 1.54) is 10.5 Å². The van der Waals surface area contributed by atoms with Gasteiger partial charge in [0.05, 0.1) is 0 Å². The number of nitrogens with two attached hydrogens (primary N) is 2. The number of hydrogen-bond donors (Lipinski definition) is 2. The van der Waals surface area contributed by atoms with Crippen molar-refractivity contribution < 1.29 is 0 Å². The minimum absolute atomic E-state index is 0.0538. The Morgan fingerprint density at radius 3 is 2.06 bits per heavy atom. The van der Waals surface area contributed by atoms with E-state index in [2.05, 4.69) is 38.1 Å². The van der Waals surface area contributed by atoms with Gasteiger partial charge in [-0.3, -0.25) is 0 Å². The first-order chi connectivity index (χ1) is 7.49. The van der Waals surface area contributed by atoms with Crippen LogP contribution in [0.4, 0.5) is 0 Å². The van der Waals surface area contributed by atoms with Crippen LogP contribution in [-0.4, -0.2) is 11.3 Å². The van der Waals surface area contributed by atoms with Crippen LogP contribution >= 0.6 is 11.8 Å². The quantitative estimate of drug-likeness (QED) is 0.776. The van der Waals surface area contributed by atoms with Gasteiger partial charge in [0, 0.05) is 22.2 Å². The largest absolute Gasteiger partial charge is 0.328 e. The monoisotopic (exact) mass is 238 g/mol. The highest BCUT2D eigenvalue weighted by molar-refractivity contribution is 7.99. The molecule has 0 spiro atoms. The molecule has 1 aromatic carbocycles. The van der Waals surface area contributed by atoms with Crippen molar-refractivity contribution in [2.75, 3.05) is 0 Å². The van der Waals surface area contributed by atoms with E-state index in [1.54, 1.807) is 0 Å². The predicted molar refractivity (Wildman–Crippen MR) is 72.6 cm³/mol. The summed E-state index contributed by atoms with van der Waals surface area (Å²) in [7, 11) is 0. The maximum absolute atomic E-state index is 6.06. The van der Waals surface area contributed by atoms with E-state index in [1.807, 2.05) is 18.7 Å². The lowest BCUT2D eigenvalue weighted by molar-refractivity contribution is 0.568. The van der Waals surface area contributed by atoms with Gasteiger partial charge < -0.3 is 11.5 Å². The summed E-state index contributed by atoms with van der Waals surface area (Å²) < 4.78 is 0. The molecule has 2 atom stereocenters. The van der Waals surface area contributed by atoms with Crippen LogP contribution in [0.25, 0.3) is 0 Å². The average molecular weight is 238 g/mol. The molecule has 3 heteroatoms. The Balaban J connectivity index is 2.63. The molecule has 0 radical (unpaired) electrons. The summed E-state index contributed by atoms with van der Waals surface area (Å²) in [5.41, 5.74) is 13.0. The number of benzene rings is 1. The first-order valence-corrected chi connectivity index (χ1v) is 6.64.